The Morgan fingerprint density at radius 2 is 2.11 bits per heavy atom. The van der Waals surface area contributed by atoms with Crippen LogP contribution in [0.3, 0.4) is 0 Å². The summed E-state index contributed by atoms with van der Waals surface area (Å²) in [5, 5.41) is 13.2. The van der Waals surface area contributed by atoms with E-state index in [1.807, 2.05) is 24.3 Å². The third-order valence-corrected chi connectivity index (χ3v) is 3.92. The molecule has 4 heteroatoms. The van der Waals surface area contributed by atoms with E-state index in [9.17, 15) is 9.90 Å². The minimum absolute atomic E-state index is 0.101. The molecule has 3 rings (SSSR count). The van der Waals surface area contributed by atoms with Gasteiger partial charge in [0.1, 0.15) is 0 Å². The lowest BCUT2D eigenvalue weighted by Gasteiger charge is -2.39. The minimum atomic E-state index is -0.378. The highest BCUT2D eigenvalue weighted by molar-refractivity contribution is 5.99. The molecule has 4 nitrogen and oxygen atoms in total. The summed E-state index contributed by atoms with van der Waals surface area (Å²) in [6.45, 7) is 2.73. The maximum Gasteiger partial charge on any atom is 0.177 e. The van der Waals surface area contributed by atoms with Gasteiger partial charge in [-0.3, -0.25) is 9.69 Å². The van der Waals surface area contributed by atoms with Crippen LogP contribution < -0.4 is 5.32 Å². The van der Waals surface area contributed by atoms with E-state index in [1.165, 1.54) is 0 Å². The molecule has 0 saturated carbocycles. The fourth-order valence-corrected chi connectivity index (χ4v) is 2.96. The first-order valence-corrected chi connectivity index (χ1v) is 6.49. The average Bonchev–Trinajstić information content (AvgIpc) is 2.39. The van der Waals surface area contributed by atoms with Crippen molar-refractivity contribution >= 4 is 5.78 Å². The predicted octanol–water partition coefficient (Wildman–Crippen LogP) is 0.408. The average molecular weight is 246 g/mol. The molecule has 0 aliphatic carbocycles. The van der Waals surface area contributed by atoms with Crippen molar-refractivity contribution in [3.63, 3.8) is 0 Å². The summed E-state index contributed by atoms with van der Waals surface area (Å²) < 4.78 is 0. The third kappa shape index (κ3) is 2.07. The van der Waals surface area contributed by atoms with Gasteiger partial charge in [-0.2, -0.15) is 0 Å². The number of rotatable bonds is 1. The predicted molar refractivity (Wildman–Crippen MR) is 68.5 cm³/mol. The van der Waals surface area contributed by atoms with Gasteiger partial charge in [0.2, 0.25) is 0 Å². The van der Waals surface area contributed by atoms with Crippen molar-refractivity contribution < 1.29 is 9.90 Å². The summed E-state index contributed by atoms with van der Waals surface area (Å²) in [5.74, 6) is 0.169. The quantitative estimate of drug-likeness (QED) is 0.753. The van der Waals surface area contributed by atoms with Crippen LogP contribution in [0.1, 0.15) is 22.3 Å². The van der Waals surface area contributed by atoms with Crippen LogP contribution in [0.4, 0.5) is 0 Å². The molecule has 1 fully saturated rings. The van der Waals surface area contributed by atoms with E-state index in [2.05, 4.69) is 10.2 Å². The molecule has 0 unspecified atom stereocenters. The van der Waals surface area contributed by atoms with Crippen molar-refractivity contribution in [2.45, 2.75) is 25.1 Å². The normalized spacial score (nSPS) is 29.1. The van der Waals surface area contributed by atoms with Gasteiger partial charge in [-0.15, -0.1) is 0 Å². The Morgan fingerprint density at radius 3 is 2.94 bits per heavy atom. The Bertz CT molecular complexity index is 461. The standard InChI is InChI=1S/C14H18N2O2/c17-13-7-15-6-5-12(13)16-8-10-3-1-2-4-11(10)14(18)9-16/h1-4,12-13,15,17H,5-9H2/t12-,13-/m1/s1. The van der Waals surface area contributed by atoms with Crippen molar-refractivity contribution in [2.75, 3.05) is 19.6 Å². The number of fused-ring (bicyclic) bond motifs is 1. The van der Waals surface area contributed by atoms with Gasteiger partial charge in [0.15, 0.2) is 5.78 Å². The Balaban J connectivity index is 1.83. The smallest absolute Gasteiger partial charge is 0.177 e. The number of hydrogen-bond acceptors (Lipinski definition) is 4. The number of carbonyl (C=O) groups excluding carboxylic acids is 1. The topological polar surface area (TPSA) is 52.6 Å². The van der Waals surface area contributed by atoms with Crippen molar-refractivity contribution in [3.8, 4) is 0 Å². The molecule has 0 bridgehead atoms. The maximum atomic E-state index is 12.1. The van der Waals surface area contributed by atoms with Gasteiger partial charge in [-0.05, 0) is 18.5 Å². The van der Waals surface area contributed by atoms with Gasteiger partial charge in [-0.1, -0.05) is 24.3 Å². The molecule has 0 radical (unpaired) electrons. The molecule has 2 N–H and O–H groups in total. The van der Waals surface area contributed by atoms with Gasteiger partial charge in [0.05, 0.1) is 12.6 Å². The molecule has 2 aliphatic heterocycles. The number of aliphatic hydroxyl groups is 1. The molecule has 0 spiro atoms. The second-order valence-corrected chi connectivity index (χ2v) is 5.11. The van der Waals surface area contributed by atoms with E-state index < -0.39 is 0 Å². The molecule has 2 atom stereocenters. The zero-order valence-corrected chi connectivity index (χ0v) is 10.3. The SMILES string of the molecule is O=C1CN([C@@H]2CCNC[C@H]2O)Cc2ccccc21. The Kier molecular flexibility index (Phi) is 3.16. The van der Waals surface area contributed by atoms with Crippen molar-refractivity contribution in [2.24, 2.45) is 0 Å². The molecule has 0 amide bonds. The van der Waals surface area contributed by atoms with E-state index in [4.69, 9.17) is 0 Å². The molecule has 1 saturated heterocycles. The van der Waals surface area contributed by atoms with Crippen LogP contribution in [0, 0.1) is 0 Å². The highest BCUT2D eigenvalue weighted by Gasteiger charge is 2.33. The second kappa shape index (κ2) is 4.80. The minimum Gasteiger partial charge on any atom is -0.390 e. The van der Waals surface area contributed by atoms with Crippen molar-refractivity contribution in [1.82, 2.24) is 10.2 Å². The van der Waals surface area contributed by atoms with Crippen LogP contribution >= 0.6 is 0 Å². The lowest BCUT2D eigenvalue weighted by Crippen LogP contribution is -2.54. The zero-order valence-electron chi connectivity index (χ0n) is 10.3. The van der Waals surface area contributed by atoms with Crippen LogP contribution in [-0.4, -0.2) is 47.6 Å². The second-order valence-electron chi connectivity index (χ2n) is 5.11. The number of β-amino-alcohol motifs (C(OH)–C–C–N with tert-alkyl or cyclic N) is 1. The lowest BCUT2D eigenvalue weighted by molar-refractivity contribution is 0.0224. The van der Waals surface area contributed by atoms with E-state index >= 15 is 0 Å². The van der Waals surface area contributed by atoms with E-state index in [0.717, 1.165) is 30.6 Å². The number of nitrogens with zero attached hydrogens (tertiary/aromatic N) is 1. The number of nitrogens with one attached hydrogen (secondary N) is 1. The van der Waals surface area contributed by atoms with E-state index in [0.29, 0.717) is 13.1 Å². The van der Waals surface area contributed by atoms with Gasteiger partial charge in [-0.25, -0.2) is 0 Å². The van der Waals surface area contributed by atoms with Crippen LogP contribution in [0.15, 0.2) is 24.3 Å². The summed E-state index contributed by atoms with van der Waals surface area (Å²) in [6, 6.07) is 7.88. The number of carbonyl (C=O) groups is 1. The fourth-order valence-electron chi connectivity index (χ4n) is 2.96. The largest absolute Gasteiger partial charge is 0.390 e. The van der Waals surface area contributed by atoms with Crippen LogP contribution in [0.25, 0.3) is 0 Å². The summed E-state index contributed by atoms with van der Waals surface area (Å²) in [5.41, 5.74) is 1.93. The molecular weight excluding hydrogens is 228 g/mol. The highest BCUT2D eigenvalue weighted by Crippen LogP contribution is 2.23. The van der Waals surface area contributed by atoms with Gasteiger partial charge in [0, 0.05) is 24.7 Å². The number of Topliss-reactive ketones (excluding diaryl/α,β-unsaturated/α-hetero) is 1. The fraction of sp³-hybridized carbons (Fsp3) is 0.500. The van der Waals surface area contributed by atoms with Crippen LogP contribution in [-0.2, 0) is 6.54 Å². The van der Waals surface area contributed by atoms with Gasteiger partial charge >= 0.3 is 0 Å². The molecule has 18 heavy (non-hydrogen) atoms. The van der Waals surface area contributed by atoms with Crippen LogP contribution in [0.5, 0.6) is 0 Å². The Hall–Kier alpha value is -1.23. The lowest BCUT2D eigenvalue weighted by atomic mass is 9.94. The van der Waals surface area contributed by atoms with Gasteiger partial charge in [0.25, 0.3) is 0 Å². The zero-order chi connectivity index (χ0) is 12.5. The molecule has 0 aromatic heterocycles. The summed E-state index contributed by atoms with van der Waals surface area (Å²) in [6.07, 6.45) is 0.521. The summed E-state index contributed by atoms with van der Waals surface area (Å²) in [4.78, 5) is 14.2. The van der Waals surface area contributed by atoms with Crippen LogP contribution in [0.2, 0.25) is 0 Å². The molecule has 1 aromatic rings. The van der Waals surface area contributed by atoms with Crippen molar-refractivity contribution in [3.05, 3.63) is 35.4 Å². The Labute approximate surface area is 107 Å². The summed E-state index contributed by atoms with van der Waals surface area (Å²) in [7, 11) is 0. The first-order valence-electron chi connectivity index (χ1n) is 6.49. The van der Waals surface area contributed by atoms with E-state index in [1.54, 1.807) is 0 Å². The number of aliphatic hydroxyl groups excluding tert-OH is 1. The number of hydrogen-bond donors (Lipinski definition) is 2. The number of ketones is 1. The Morgan fingerprint density at radius 1 is 1.28 bits per heavy atom. The number of benzene rings is 1. The monoisotopic (exact) mass is 246 g/mol. The molecule has 96 valence electrons. The third-order valence-electron chi connectivity index (χ3n) is 3.92. The van der Waals surface area contributed by atoms with Gasteiger partial charge < -0.3 is 10.4 Å². The maximum absolute atomic E-state index is 12.1. The highest BCUT2D eigenvalue weighted by atomic mass is 16.3. The first-order chi connectivity index (χ1) is 8.75. The number of piperidine rings is 1. The first kappa shape index (κ1) is 11.8. The molecule has 2 aliphatic rings. The molecule has 2 heterocycles. The molecular formula is C14H18N2O2. The van der Waals surface area contributed by atoms with Crippen molar-refractivity contribution in [1.29, 1.82) is 0 Å². The van der Waals surface area contributed by atoms with E-state index in [-0.39, 0.29) is 17.9 Å². The summed E-state index contributed by atoms with van der Waals surface area (Å²) >= 11 is 0. The molecule has 1 aromatic carbocycles.